The van der Waals surface area contributed by atoms with Crippen LogP contribution in [0, 0.1) is 46.8 Å². The van der Waals surface area contributed by atoms with Crippen LogP contribution in [0.25, 0.3) is 0 Å². The molecule has 0 saturated carbocycles. The first-order valence-corrected chi connectivity index (χ1v) is 4.42. The summed E-state index contributed by atoms with van der Waals surface area (Å²) >= 11 is 0. The Labute approximate surface area is 108 Å². The van der Waals surface area contributed by atoms with E-state index in [1.807, 2.05) is 0 Å². The summed E-state index contributed by atoms with van der Waals surface area (Å²) in [6.45, 7) is 4.19. The summed E-state index contributed by atoms with van der Waals surface area (Å²) in [5, 5.41) is 8.51. The van der Waals surface area contributed by atoms with Gasteiger partial charge >= 0.3 is 5.97 Å². The molecule has 0 aromatic heterocycles. The third-order valence-corrected chi connectivity index (χ3v) is 2.01. The van der Waals surface area contributed by atoms with Gasteiger partial charge in [0.2, 0.25) is 0 Å². The van der Waals surface area contributed by atoms with Crippen LogP contribution in [0.1, 0.15) is 46.0 Å². The predicted octanol–water partition coefficient (Wildman–Crippen LogP) is 2.68. The normalized spacial score (nSPS) is 11.8. The molecule has 0 spiro atoms. The van der Waals surface area contributed by atoms with E-state index in [1.165, 1.54) is 0 Å². The molecule has 0 radical (unpaired) electrons. The maximum Gasteiger partial charge on any atom is 0.303 e. The second kappa shape index (κ2) is 9.91. The van der Waals surface area contributed by atoms with Crippen LogP contribution in [-0.4, -0.2) is 11.1 Å². The Morgan fingerprint density at radius 2 is 2.00 bits per heavy atom. The molecule has 0 rings (SSSR count). The Hall–Kier alpha value is 0.821. The van der Waals surface area contributed by atoms with Gasteiger partial charge in [0.1, 0.15) is 0 Å². The summed E-state index contributed by atoms with van der Waals surface area (Å²) in [5.74, 6) is -0.264. The van der Waals surface area contributed by atoms with E-state index in [0.717, 1.165) is 25.7 Å². The van der Waals surface area contributed by atoms with Crippen molar-refractivity contribution in [3.8, 4) is 0 Å². The molecule has 0 aromatic carbocycles. The average Bonchev–Trinajstić information content (AvgIpc) is 1.97. The molecular weight excluding hydrogens is 284 g/mol. The minimum Gasteiger partial charge on any atom is -0.481 e. The zero-order chi connectivity index (χ0) is 8.69. The van der Waals surface area contributed by atoms with E-state index in [4.69, 9.17) is 5.11 Å². The molecule has 1 atom stereocenters. The molecule has 0 heterocycles. The fourth-order valence-electron chi connectivity index (χ4n) is 1.19. The van der Waals surface area contributed by atoms with Crippen LogP contribution in [0.2, 0.25) is 0 Å². The number of carboxylic acids is 1. The largest absolute Gasteiger partial charge is 0.481 e. The molecule has 0 aliphatic heterocycles. The van der Waals surface area contributed by atoms with Crippen molar-refractivity contribution in [2.45, 2.75) is 46.0 Å². The van der Waals surface area contributed by atoms with Gasteiger partial charge in [0.25, 0.3) is 0 Å². The van der Waals surface area contributed by atoms with Gasteiger partial charge < -0.3 is 5.11 Å². The third-order valence-electron chi connectivity index (χ3n) is 2.01. The third kappa shape index (κ3) is 8.91. The summed E-state index contributed by atoms with van der Waals surface area (Å²) < 4.78 is 0. The quantitative estimate of drug-likeness (QED) is 0.819. The van der Waals surface area contributed by atoms with Crippen molar-refractivity contribution in [1.82, 2.24) is 0 Å². The minimum atomic E-state index is -0.659. The number of carboxylic acid groups (broad SMARTS) is 1. The van der Waals surface area contributed by atoms with E-state index in [1.54, 1.807) is 0 Å². The topological polar surface area (TPSA) is 37.3 Å². The summed E-state index contributed by atoms with van der Waals surface area (Å²) in [5.41, 5.74) is 0. The van der Waals surface area contributed by atoms with Crippen molar-refractivity contribution in [2.24, 2.45) is 5.92 Å². The molecule has 0 fully saturated rings. The first-order chi connectivity index (χ1) is 5.20. The number of aliphatic carboxylic acids is 1. The molecular formula is C9H18NdO2. The smallest absolute Gasteiger partial charge is 0.303 e. The zero-order valence-corrected chi connectivity index (χ0v) is 11.2. The van der Waals surface area contributed by atoms with Crippen LogP contribution in [0.3, 0.4) is 0 Å². The standard InChI is InChI=1S/C9H18O2.Nd/c1-3-5-6-8(4-2)7-9(10)11;/h8H,3-7H2,1-2H3,(H,10,11);. The summed E-state index contributed by atoms with van der Waals surface area (Å²) in [4.78, 5) is 10.3. The van der Waals surface area contributed by atoms with Crippen LogP contribution in [0.15, 0.2) is 0 Å². The monoisotopic (exact) mass is 300 g/mol. The Morgan fingerprint density at radius 1 is 1.42 bits per heavy atom. The molecule has 0 bridgehead atoms. The van der Waals surface area contributed by atoms with Crippen molar-refractivity contribution >= 4 is 5.97 Å². The Balaban J connectivity index is 0. The molecule has 0 amide bonds. The molecule has 2 nitrogen and oxygen atoms in total. The van der Waals surface area contributed by atoms with Gasteiger partial charge in [-0.05, 0) is 12.3 Å². The average molecular weight is 302 g/mol. The van der Waals surface area contributed by atoms with Crippen LogP contribution in [0.5, 0.6) is 0 Å². The SMILES string of the molecule is CCCCC(CC)CC(=O)O.[Nd]. The van der Waals surface area contributed by atoms with Gasteiger partial charge in [-0.3, -0.25) is 4.79 Å². The molecule has 0 aromatic rings. The van der Waals surface area contributed by atoms with Crippen LogP contribution in [-0.2, 0) is 4.79 Å². The van der Waals surface area contributed by atoms with E-state index >= 15 is 0 Å². The van der Waals surface area contributed by atoms with Crippen LogP contribution >= 0.6 is 0 Å². The van der Waals surface area contributed by atoms with E-state index in [-0.39, 0.29) is 40.8 Å². The predicted molar refractivity (Wildman–Crippen MR) is 45.6 cm³/mol. The Morgan fingerprint density at radius 3 is 2.33 bits per heavy atom. The first-order valence-electron chi connectivity index (χ1n) is 4.42. The first kappa shape index (κ1) is 15.3. The maximum atomic E-state index is 10.3. The molecule has 0 saturated heterocycles. The van der Waals surface area contributed by atoms with Crippen LogP contribution in [0.4, 0.5) is 0 Å². The van der Waals surface area contributed by atoms with Crippen molar-refractivity contribution in [2.75, 3.05) is 0 Å². The Kier molecular flexibility index (Phi) is 12.6. The molecule has 3 heteroatoms. The number of hydrogen-bond acceptors (Lipinski definition) is 1. The number of rotatable bonds is 6. The summed E-state index contributed by atoms with van der Waals surface area (Å²) in [6, 6.07) is 0. The van der Waals surface area contributed by atoms with Gasteiger partial charge in [-0.25, -0.2) is 0 Å². The van der Waals surface area contributed by atoms with Gasteiger partial charge in [-0.15, -0.1) is 0 Å². The van der Waals surface area contributed by atoms with E-state index in [0.29, 0.717) is 12.3 Å². The summed E-state index contributed by atoms with van der Waals surface area (Å²) in [7, 11) is 0. The number of unbranched alkanes of at least 4 members (excludes halogenated alkanes) is 1. The van der Waals surface area contributed by atoms with Gasteiger partial charge in [0, 0.05) is 47.3 Å². The van der Waals surface area contributed by atoms with Crippen LogP contribution < -0.4 is 0 Å². The van der Waals surface area contributed by atoms with E-state index < -0.39 is 5.97 Å². The molecule has 1 unspecified atom stereocenters. The molecule has 0 aliphatic carbocycles. The van der Waals surface area contributed by atoms with Gasteiger partial charge in [-0.1, -0.05) is 33.1 Å². The fraction of sp³-hybridized carbons (Fsp3) is 0.889. The maximum absolute atomic E-state index is 10.3. The summed E-state index contributed by atoms with van der Waals surface area (Å²) in [6.07, 6.45) is 4.73. The van der Waals surface area contributed by atoms with Crippen molar-refractivity contribution < 1.29 is 50.7 Å². The van der Waals surface area contributed by atoms with Gasteiger partial charge in [0.15, 0.2) is 0 Å². The van der Waals surface area contributed by atoms with Gasteiger partial charge in [0.05, 0.1) is 0 Å². The van der Waals surface area contributed by atoms with E-state index in [2.05, 4.69) is 13.8 Å². The zero-order valence-electron chi connectivity index (χ0n) is 7.97. The van der Waals surface area contributed by atoms with Crippen molar-refractivity contribution in [3.63, 3.8) is 0 Å². The second-order valence-electron chi connectivity index (χ2n) is 3.01. The molecule has 70 valence electrons. The molecule has 0 aliphatic rings. The second-order valence-corrected chi connectivity index (χ2v) is 3.01. The Bertz CT molecular complexity index is 115. The van der Waals surface area contributed by atoms with E-state index in [9.17, 15) is 4.79 Å². The number of carbonyl (C=O) groups is 1. The fourth-order valence-corrected chi connectivity index (χ4v) is 1.19. The van der Waals surface area contributed by atoms with Gasteiger partial charge in [-0.2, -0.15) is 0 Å². The number of hydrogen-bond donors (Lipinski definition) is 1. The molecule has 1 N–H and O–H groups in total. The molecule has 12 heavy (non-hydrogen) atoms. The minimum absolute atomic E-state index is 0. The van der Waals surface area contributed by atoms with Crippen molar-refractivity contribution in [1.29, 1.82) is 0 Å². The van der Waals surface area contributed by atoms with Crippen molar-refractivity contribution in [3.05, 3.63) is 0 Å².